The summed E-state index contributed by atoms with van der Waals surface area (Å²) in [7, 11) is 1.79. The second kappa shape index (κ2) is 10.3. The summed E-state index contributed by atoms with van der Waals surface area (Å²) in [5.74, 6) is 0.498. The van der Waals surface area contributed by atoms with Crippen LogP contribution >= 0.6 is 11.6 Å². The average Bonchev–Trinajstić information content (AvgIpc) is 2.75. The summed E-state index contributed by atoms with van der Waals surface area (Å²) in [5, 5.41) is 3.48. The number of rotatable bonds is 7. The molecule has 0 unspecified atom stereocenters. The van der Waals surface area contributed by atoms with Gasteiger partial charge in [-0.2, -0.15) is 0 Å². The Morgan fingerprint density at radius 1 is 1.17 bits per heavy atom. The zero-order chi connectivity index (χ0) is 20.6. The van der Waals surface area contributed by atoms with Crippen LogP contribution < -0.4 is 5.32 Å². The Labute approximate surface area is 176 Å². The minimum Gasteiger partial charge on any atom is -0.368 e. The van der Waals surface area contributed by atoms with E-state index < -0.39 is 0 Å². The smallest absolute Gasteiger partial charge is 0.255 e. The van der Waals surface area contributed by atoms with Crippen LogP contribution in [0.2, 0.25) is 5.02 Å². The predicted octanol–water partition coefficient (Wildman–Crippen LogP) is 3.82. The van der Waals surface area contributed by atoms with Crippen LogP contribution in [-0.2, 0) is 11.3 Å². The molecule has 7 heteroatoms. The van der Waals surface area contributed by atoms with Crippen LogP contribution in [0.25, 0.3) is 0 Å². The predicted molar refractivity (Wildman–Crippen MR) is 115 cm³/mol. The largest absolute Gasteiger partial charge is 0.368 e. The fourth-order valence-electron chi connectivity index (χ4n) is 3.39. The van der Waals surface area contributed by atoms with Crippen LogP contribution in [-0.4, -0.2) is 53.3 Å². The number of hydrogen-bond acceptors (Lipinski definition) is 4. The van der Waals surface area contributed by atoms with E-state index >= 15 is 0 Å². The van der Waals surface area contributed by atoms with Crippen LogP contribution in [0.3, 0.4) is 0 Å². The number of benzene rings is 1. The van der Waals surface area contributed by atoms with Gasteiger partial charge in [-0.05, 0) is 30.9 Å². The molecular weight excluding hydrogens is 388 g/mol. The van der Waals surface area contributed by atoms with Crippen molar-refractivity contribution >= 4 is 29.2 Å². The molecule has 6 nitrogen and oxygen atoms in total. The van der Waals surface area contributed by atoms with Gasteiger partial charge in [0.15, 0.2) is 0 Å². The van der Waals surface area contributed by atoms with Crippen molar-refractivity contribution in [1.82, 2.24) is 14.8 Å². The summed E-state index contributed by atoms with van der Waals surface area (Å²) in [6.07, 6.45) is 5.13. The molecule has 3 rings (SSSR count). The minimum atomic E-state index is -0.0247. The lowest BCUT2D eigenvalue weighted by Crippen LogP contribution is -2.35. The number of pyridine rings is 1. The third kappa shape index (κ3) is 5.94. The van der Waals surface area contributed by atoms with Crippen molar-refractivity contribution in [2.75, 3.05) is 32.0 Å². The highest BCUT2D eigenvalue weighted by Gasteiger charge is 2.19. The summed E-state index contributed by atoms with van der Waals surface area (Å²) in [6, 6.07) is 11.5. The lowest BCUT2D eigenvalue weighted by atomic mass is 10.1. The number of amides is 2. The Kier molecular flexibility index (Phi) is 7.47. The summed E-state index contributed by atoms with van der Waals surface area (Å²) in [6.45, 7) is 2.57. The van der Waals surface area contributed by atoms with E-state index in [2.05, 4.69) is 10.3 Å². The first-order valence-electron chi connectivity index (χ1n) is 10.0. The molecule has 0 atom stereocenters. The highest BCUT2D eigenvalue weighted by Crippen LogP contribution is 2.22. The topological polar surface area (TPSA) is 65.5 Å². The van der Waals surface area contributed by atoms with Crippen LogP contribution in [0.4, 0.5) is 5.82 Å². The number of nitrogens with zero attached hydrogens (tertiary/aromatic N) is 3. The van der Waals surface area contributed by atoms with E-state index in [1.54, 1.807) is 24.2 Å². The van der Waals surface area contributed by atoms with Gasteiger partial charge in [0.1, 0.15) is 5.82 Å². The second-order valence-electron chi connectivity index (χ2n) is 7.32. The van der Waals surface area contributed by atoms with Gasteiger partial charge >= 0.3 is 0 Å². The molecule has 2 heterocycles. The Morgan fingerprint density at radius 3 is 2.59 bits per heavy atom. The van der Waals surface area contributed by atoms with Gasteiger partial charge < -0.3 is 15.1 Å². The Balaban J connectivity index is 1.49. The molecule has 2 aromatic rings. The van der Waals surface area contributed by atoms with Crippen molar-refractivity contribution in [3.63, 3.8) is 0 Å². The van der Waals surface area contributed by atoms with Gasteiger partial charge in [0.05, 0.1) is 10.6 Å². The van der Waals surface area contributed by atoms with E-state index in [1.807, 2.05) is 35.2 Å². The first-order valence-corrected chi connectivity index (χ1v) is 10.4. The van der Waals surface area contributed by atoms with E-state index in [0.717, 1.165) is 31.5 Å². The second-order valence-corrected chi connectivity index (χ2v) is 7.73. The van der Waals surface area contributed by atoms with Crippen LogP contribution in [0, 0.1) is 0 Å². The monoisotopic (exact) mass is 414 g/mol. The zero-order valence-electron chi connectivity index (χ0n) is 16.7. The molecule has 0 aliphatic carbocycles. The fraction of sp³-hybridized carbons (Fsp3) is 0.409. The normalized spacial score (nSPS) is 13.8. The van der Waals surface area contributed by atoms with Crippen molar-refractivity contribution in [2.24, 2.45) is 0 Å². The molecule has 1 fully saturated rings. The van der Waals surface area contributed by atoms with Crippen LogP contribution in [0.5, 0.6) is 0 Å². The molecule has 0 saturated carbocycles. The molecule has 0 spiro atoms. The molecule has 1 aromatic carbocycles. The molecule has 1 saturated heterocycles. The van der Waals surface area contributed by atoms with E-state index in [4.69, 9.17) is 11.6 Å². The number of carbonyl (C=O) groups excluding carboxylic acids is 2. The maximum Gasteiger partial charge on any atom is 0.255 e. The average molecular weight is 415 g/mol. The molecule has 0 radical (unpaired) electrons. The first kappa shape index (κ1) is 21.1. The molecule has 0 bridgehead atoms. The molecule has 29 heavy (non-hydrogen) atoms. The minimum absolute atomic E-state index is 0.0247. The number of carbonyl (C=O) groups is 2. The number of hydrogen-bond donors (Lipinski definition) is 1. The number of anilines is 1. The van der Waals surface area contributed by atoms with Gasteiger partial charge in [0.25, 0.3) is 5.91 Å². The lowest BCUT2D eigenvalue weighted by Gasteiger charge is -2.26. The van der Waals surface area contributed by atoms with Gasteiger partial charge in [0, 0.05) is 45.8 Å². The highest BCUT2D eigenvalue weighted by atomic mass is 35.5. The number of likely N-dealkylation sites (tertiary alicyclic amines) is 1. The summed E-state index contributed by atoms with van der Waals surface area (Å²) >= 11 is 6.31. The van der Waals surface area contributed by atoms with Crippen molar-refractivity contribution in [3.8, 4) is 0 Å². The fourth-order valence-corrected chi connectivity index (χ4v) is 3.62. The third-order valence-electron chi connectivity index (χ3n) is 5.05. The SMILES string of the molecule is CN(Cc1ccccc1)C(=O)CCNc1ncc(C(=O)N2CCCCC2)cc1Cl. The van der Waals surface area contributed by atoms with E-state index in [-0.39, 0.29) is 11.8 Å². The van der Waals surface area contributed by atoms with E-state index in [9.17, 15) is 9.59 Å². The van der Waals surface area contributed by atoms with Crippen molar-refractivity contribution in [3.05, 3.63) is 58.7 Å². The standard InChI is InChI=1S/C22H27ClN4O2/c1-26(16-17-8-4-2-5-9-17)20(28)10-11-24-21-19(23)14-18(15-25-21)22(29)27-12-6-3-7-13-27/h2,4-5,8-9,14-15H,3,6-7,10-13,16H2,1H3,(H,24,25). The third-order valence-corrected chi connectivity index (χ3v) is 5.34. The lowest BCUT2D eigenvalue weighted by molar-refractivity contribution is -0.130. The molecule has 1 N–H and O–H groups in total. The van der Waals surface area contributed by atoms with Crippen LogP contribution in [0.1, 0.15) is 41.6 Å². The maximum absolute atomic E-state index is 12.5. The zero-order valence-corrected chi connectivity index (χ0v) is 17.5. The summed E-state index contributed by atoms with van der Waals surface area (Å²) in [5.41, 5.74) is 1.59. The summed E-state index contributed by atoms with van der Waals surface area (Å²) < 4.78 is 0. The van der Waals surface area contributed by atoms with Crippen LogP contribution in [0.15, 0.2) is 42.6 Å². The van der Waals surface area contributed by atoms with Crippen molar-refractivity contribution < 1.29 is 9.59 Å². The van der Waals surface area contributed by atoms with Gasteiger partial charge in [-0.1, -0.05) is 41.9 Å². The molecule has 2 amide bonds. The highest BCUT2D eigenvalue weighted by molar-refractivity contribution is 6.33. The number of nitrogens with one attached hydrogen (secondary N) is 1. The first-order chi connectivity index (χ1) is 14.0. The van der Waals surface area contributed by atoms with E-state index in [1.165, 1.54) is 6.42 Å². The maximum atomic E-state index is 12.5. The molecular formula is C22H27ClN4O2. The summed E-state index contributed by atoms with van der Waals surface area (Å²) in [4.78, 5) is 32.7. The molecule has 1 aliphatic heterocycles. The van der Waals surface area contributed by atoms with Gasteiger partial charge in [-0.25, -0.2) is 4.98 Å². The van der Waals surface area contributed by atoms with E-state index in [0.29, 0.717) is 35.9 Å². The number of aromatic nitrogens is 1. The molecule has 154 valence electrons. The Hall–Kier alpha value is -2.60. The van der Waals surface area contributed by atoms with Crippen molar-refractivity contribution in [2.45, 2.75) is 32.2 Å². The van der Waals surface area contributed by atoms with Gasteiger partial charge in [-0.15, -0.1) is 0 Å². The Bertz CT molecular complexity index is 838. The van der Waals surface area contributed by atoms with Gasteiger partial charge in [0.2, 0.25) is 5.91 Å². The number of piperidine rings is 1. The van der Waals surface area contributed by atoms with Crippen molar-refractivity contribution in [1.29, 1.82) is 0 Å². The van der Waals surface area contributed by atoms with Gasteiger partial charge in [-0.3, -0.25) is 9.59 Å². The molecule has 1 aromatic heterocycles. The Morgan fingerprint density at radius 2 is 1.90 bits per heavy atom. The number of halogens is 1. The quantitative estimate of drug-likeness (QED) is 0.747. The molecule has 1 aliphatic rings.